The van der Waals surface area contributed by atoms with Gasteiger partial charge in [-0.25, -0.2) is 4.99 Å². The van der Waals surface area contributed by atoms with Crippen molar-refractivity contribution in [2.24, 2.45) is 4.99 Å². The maximum Gasteiger partial charge on any atom is 0.256 e. The first-order chi connectivity index (χ1) is 15.6. The predicted molar refractivity (Wildman–Crippen MR) is 119 cm³/mol. The molecule has 0 aliphatic carbocycles. The Morgan fingerprint density at radius 2 is 1.88 bits per heavy atom. The quantitative estimate of drug-likeness (QED) is 0.606. The summed E-state index contributed by atoms with van der Waals surface area (Å²) in [7, 11) is 4.69. The zero-order valence-corrected chi connectivity index (χ0v) is 18.3. The Morgan fingerprint density at radius 3 is 2.59 bits per heavy atom. The number of carbonyl (C=O) groups excluding carboxylic acids is 1. The van der Waals surface area contributed by atoms with Crippen molar-refractivity contribution < 1.29 is 28.2 Å². The minimum absolute atomic E-state index is 0.0303. The molecule has 1 aliphatic heterocycles. The largest absolute Gasteiger partial charge is 0.493 e. The molecule has 0 radical (unpaired) electrons. The Bertz CT molecular complexity index is 1180. The van der Waals surface area contributed by atoms with E-state index >= 15 is 0 Å². The average molecular weight is 438 g/mol. The molecule has 1 atom stereocenters. The first-order valence-electron chi connectivity index (χ1n) is 10.4. The molecule has 2 aromatic carbocycles. The number of carbonyl (C=O) groups is 1. The van der Waals surface area contributed by atoms with Crippen LogP contribution >= 0.6 is 0 Å². The van der Waals surface area contributed by atoms with Gasteiger partial charge in [-0.05, 0) is 37.1 Å². The second-order valence-electron chi connectivity index (χ2n) is 7.34. The highest BCUT2D eigenvalue weighted by Crippen LogP contribution is 2.31. The highest BCUT2D eigenvalue weighted by Gasteiger charge is 2.19. The summed E-state index contributed by atoms with van der Waals surface area (Å²) in [6, 6.07) is 12.5. The van der Waals surface area contributed by atoms with E-state index in [1.54, 1.807) is 51.7 Å². The predicted octanol–water partition coefficient (Wildman–Crippen LogP) is 3.60. The third-order valence-electron chi connectivity index (χ3n) is 5.31. The molecular formula is C24H26N2O6. The summed E-state index contributed by atoms with van der Waals surface area (Å²) in [5.41, 5.74) is 1.54. The molecule has 3 aromatic rings. The van der Waals surface area contributed by atoms with Gasteiger partial charge in [-0.3, -0.25) is 4.79 Å². The highest BCUT2D eigenvalue weighted by molar-refractivity contribution is 5.97. The van der Waals surface area contributed by atoms with Crippen LogP contribution in [0.4, 0.5) is 5.69 Å². The average Bonchev–Trinajstić information content (AvgIpc) is 3.35. The monoisotopic (exact) mass is 438 g/mol. The van der Waals surface area contributed by atoms with Gasteiger partial charge in [-0.1, -0.05) is 12.1 Å². The molecule has 32 heavy (non-hydrogen) atoms. The number of hydrogen-bond acceptors (Lipinski definition) is 7. The molecule has 0 bridgehead atoms. The molecule has 0 spiro atoms. The number of methoxy groups -OCH3 is 3. The summed E-state index contributed by atoms with van der Waals surface area (Å²) >= 11 is 0. The number of nitrogens with zero attached hydrogens (tertiary/aromatic N) is 1. The van der Waals surface area contributed by atoms with Crippen LogP contribution < -0.4 is 25.1 Å². The summed E-state index contributed by atoms with van der Waals surface area (Å²) < 4.78 is 27.8. The normalized spacial score (nSPS) is 16.2. The van der Waals surface area contributed by atoms with Gasteiger partial charge in [0.25, 0.3) is 5.91 Å². The van der Waals surface area contributed by atoms with Gasteiger partial charge in [-0.15, -0.1) is 0 Å². The van der Waals surface area contributed by atoms with Crippen LogP contribution in [0.1, 0.15) is 23.2 Å². The van der Waals surface area contributed by atoms with Gasteiger partial charge in [0.2, 0.25) is 5.55 Å². The van der Waals surface area contributed by atoms with Gasteiger partial charge in [0, 0.05) is 24.6 Å². The molecule has 1 fully saturated rings. The zero-order chi connectivity index (χ0) is 22.5. The van der Waals surface area contributed by atoms with E-state index in [-0.39, 0.29) is 17.6 Å². The maximum absolute atomic E-state index is 13.1. The smallest absolute Gasteiger partial charge is 0.256 e. The Morgan fingerprint density at radius 1 is 1.06 bits per heavy atom. The number of nitrogens with one attached hydrogen (secondary N) is 1. The van der Waals surface area contributed by atoms with Crippen LogP contribution in [0.5, 0.6) is 17.2 Å². The number of ether oxygens (including phenoxy) is 4. The van der Waals surface area contributed by atoms with Crippen LogP contribution in [0.2, 0.25) is 0 Å². The van der Waals surface area contributed by atoms with E-state index in [1.807, 2.05) is 12.1 Å². The van der Waals surface area contributed by atoms with Gasteiger partial charge >= 0.3 is 0 Å². The fraction of sp³-hybridized carbons (Fsp3) is 0.333. The van der Waals surface area contributed by atoms with E-state index in [9.17, 15) is 4.79 Å². The molecule has 0 unspecified atom stereocenters. The van der Waals surface area contributed by atoms with Crippen molar-refractivity contribution in [1.82, 2.24) is 5.32 Å². The topological polar surface area (TPSA) is 91.5 Å². The fourth-order valence-corrected chi connectivity index (χ4v) is 3.65. The second kappa shape index (κ2) is 9.74. The lowest BCUT2D eigenvalue weighted by atomic mass is 10.1. The van der Waals surface area contributed by atoms with Crippen LogP contribution in [0, 0.1) is 0 Å². The molecule has 1 N–H and O–H groups in total. The molecule has 1 saturated heterocycles. The van der Waals surface area contributed by atoms with Crippen molar-refractivity contribution in [2.45, 2.75) is 18.9 Å². The van der Waals surface area contributed by atoms with Crippen molar-refractivity contribution in [1.29, 1.82) is 0 Å². The van der Waals surface area contributed by atoms with E-state index in [4.69, 9.17) is 23.4 Å². The van der Waals surface area contributed by atoms with E-state index < -0.39 is 0 Å². The van der Waals surface area contributed by atoms with Gasteiger partial charge < -0.3 is 28.7 Å². The van der Waals surface area contributed by atoms with E-state index in [2.05, 4.69) is 10.3 Å². The Kier molecular flexibility index (Phi) is 6.61. The fourth-order valence-electron chi connectivity index (χ4n) is 3.65. The first-order valence-corrected chi connectivity index (χ1v) is 10.4. The molecule has 8 heteroatoms. The van der Waals surface area contributed by atoms with Crippen molar-refractivity contribution in [3.8, 4) is 17.2 Å². The SMILES string of the molecule is COc1ccc(N=c2oc3c(OC)cccc3cc2C(=O)NC[C@@H]2CCCO2)cc1OC. The third kappa shape index (κ3) is 4.55. The lowest BCUT2D eigenvalue weighted by Crippen LogP contribution is -2.34. The number of para-hydroxylation sites is 1. The van der Waals surface area contributed by atoms with Crippen molar-refractivity contribution in [3.63, 3.8) is 0 Å². The van der Waals surface area contributed by atoms with Gasteiger partial charge in [0.15, 0.2) is 22.8 Å². The minimum Gasteiger partial charge on any atom is -0.493 e. The standard InChI is InChI=1S/C24H26N2O6/c1-28-19-10-9-16(13-21(19)30-3)26-24-18(23(27)25-14-17-7-5-11-31-17)12-15-6-4-8-20(29-2)22(15)32-24/h4,6,8-10,12-13,17H,5,7,11,14H2,1-3H3,(H,25,27)/t17-/m0/s1. The van der Waals surface area contributed by atoms with Gasteiger partial charge in [-0.2, -0.15) is 0 Å². The molecule has 8 nitrogen and oxygen atoms in total. The Hall–Kier alpha value is -3.52. The van der Waals surface area contributed by atoms with Gasteiger partial charge in [0.1, 0.15) is 5.56 Å². The maximum atomic E-state index is 13.1. The molecule has 168 valence electrons. The van der Waals surface area contributed by atoms with E-state index in [0.29, 0.717) is 40.6 Å². The number of rotatable bonds is 7. The Labute approximate surface area is 185 Å². The van der Waals surface area contributed by atoms with Crippen LogP contribution in [0.15, 0.2) is 51.9 Å². The van der Waals surface area contributed by atoms with Gasteiger partial charge in [0.05, 0.1) is 33.1 Å². The minimum atomic E-state index is -0.284. The molecule has 1 aromatic heterocycles. The van der Waals surface area contributed by atoms with Crippen molar-refractivity contribution >= 4 is 22.6 Å². The number of fused-ring (bicyclic) bond motifs is 1. The van der Waals surface area contributed by atoms with E-state index in [1.165, 1.54) is 0 Å². The zero-order valence-electron chi connectivity index (χ0n) is 18.3. The van der Waals surface area contributed by atoms with Crippen LogP contribution in [0.25, 0.3) is 11.0 Å². The lowest BCUT2D eigenvalue weighted by Gasteiger charge is -2.12. The number of amides is 1. The first kappa shape index (κ1) is 21.7. The van der Waals surface area contributed by atoms with Crippen LogP contribution in [0.3, 0.4) is 0 Å². The summed E-state index contributed by atoms with van der Waals surface area (Å²) in [4.78, 5) is 17.7. The summed E-state index contributed by atoms with van der Waals surface area (Å²) in [5, 5.41) is 3.68. The molecule has 4 rings (SSSR count). The summed E-state index contributed by atoms with van der Waals surface area (Å²) in [5.74, 6) is 1.38. The molecule has 2 heterocycles. The summed E-state index contributed by atoms with van der Waals surface area (Å²) in [6.07, 6.45) is 1.97. The second-order valence-corrected chi connectivity index (χ2v) is 7.34. The Balaban J connectivity index is 1.80. The molecule has 1 amide bonds. The highest BCUT2D eigenvalue weighted by atomic mass is 16.5. The van der Waals surface area contributed by atoms with Crippen molar-refractivity contribution in [2.75, 3.05) is 34.5 Å². The number of hydrogen-bond donors (Lipinski definition) is 1. The lowest BCUT2D eigenvalue weighted by molar-refractivity contribution is 0.0854. The molecule has 1 aliphatic rings. The van der Waals surface area contributed by atoms with Crippen molar-refractivity contribution in [3.05, 3.63) is 53.6 Å². The van der Waals surface area contributed by atoms with Crippen LogP contribution in [-0.4, -0.2) is 46.5 Å². The summed E-state index contributed by atoms with van der Waals surface area (Å²) in [6.45, 7) is 1.16. The molecule has 0 saturated carbocycles. The number of benzene rings is 2. The van der Waals surface area contributed by atoms with Crippen LogP contribution in [-0.2, 0) is 4.74 Å². The molecular weight excluding hydrogens is 412 g/mol. The third-order valence-corrected chi connectivity index (χ3v) is 5.31. The van der Waals surface area contributed by atoms with E-state index in [0.717, 1.165) is 24.8 Å².